The van der Waals surface area contributed by atoms with Crippen molar-refractivity contribution >= 4 is 17.5 Å². The molecular formula is C21H23NO8. The monoisotopic (exact) mass is 417 g/mol. The molecule has 0 aliphatic carbocycles. The number of hydrogen-bond acceptors (Lipinski definition) is 8. The van der Waals surface area contributed by atoms with E-state index in [1.807, 2.05) is 12.2 Å². The first-order chi connectivity index (χ1) is 14.1. The molecule has 1 spiro atoms. The third kappa shape index (κ3) is 3.07. The van der Waals surface area contributed by atoms with Crippen molar-refractivity contribution in [3.8, 4) is 0 Å². The van der Waals surface area contributed by atoms with Crippen LogP contribution in [0.25, 0.3) is 0 Å². The molecule has 1 unspecified atom stereocenters. The molecule has 5 atom stereocenters. The van der Waals surface area contributed by atoms with E-state index >= 15 is 0 Å². The molecule has 1 aromatic rings. The van der Waals surface area contributed by atoms with Crippen LogP contribution < -0.4 is 5.32 Å². The van der Waals surface area contributed by atoms with E-state index < -0.39 is 52.9 Å². The Morgan fingerprint density at radius 3 is 2.50 bits per heavy atom. The van der Waals surface area contributed by atoms with E-state index in [1.165, 1.54) is 37.3 Å². The third-order valence-electron chi connectivity index (χ3n) is 5.28. The molecule has 9 nitrogen and oxygen atoms in total. The second-order valence-electron chi connectivity index (χ2n) is 7.25. The van der Waals surface area contributed by atoms with Crippen molar-refractivity contribution in [1.29, 1.82) is 0 Å². The highest BCUT2D eigenvalue weighted by Crippen LogP contribution is 2.43. The number of carbonyl (C=O) groups excluding carboxylic acids is 3. The molecule has 30 heavy (non-hydrogen) atoms. The number of hydrogen-bond donors (Lipinski definition) is 5. The van der Waals surface area contributed by atoms with Gasteiger partial charge in [-0.1, -0.05) is 49.4 Å². The van der Waals surface area contributed by atoms with E-state index in [9.17, 15) is 34.8 Å². The van der Waals surface area contributed by atoms with Crippen LogP contribution in [-0.2, 0) is 14.3 Å². The maximum Gasteiger partial charge on any atom is 0.278 e. The van der Waals surface area contributed by atoms with Gasteiger partial charge in [-0.2, -0.15) is 0 Å². The van der Waals surface area contributed by atoms with Crippen LogP contribution >= 0.6 is 0 Å². The Labute approximate surface area is 172 Å². The Kier molecular flexibility index (Phi) is 5.66. The maximum atomic E-state index is 12.9. The third-order valence-corrected chi connectivity index (χ3v) is 5.28. The van der Waals surface area contributed by atoms with Gasteiger partial charge in [-0.3, -0.25) is 14.4 Å². The lowest BCUT2D eigenvalue weighted by Gasteiger charge is -2.30. The predicted molar refractivity (Wildman–Crippen MR) is 103 cm³/mol. The predicted octanol–water partition coefficient (Wildman–Crippen LogP) is -0.651. The highest BCUT2D eigenvalue weighted by Gasteiger charge is 2.73. The van der Waals surface area contributed by atoms with Crippen LogP contribution in [0.15, 0.2) is 53.8 Å². The zero-order valence-electron chi connectivity index (χ0n) is 16.4. The molecule has 0 radical (unpaired) electrons. The van der Waals surface area contributed by atoms with E-state index in [-0.39, 0.29) is 11.1 Å². The van der Waals surface area contributed by atoms with Crippen molar-refractivity contribution in [1.82, 2.24) is 5.32 Å². The minimum Gasteiger partial charge on any atom is -0.467 e. The SMILES string of the molecule is CC/C=C\[C@H](O)[C@H](O)C1=C(C)C(=O)C2(O1)C(=O)N[C@@](O)(C(=O)c1ccccc1)[C@@H]2O. The highest BCUT2D eigenvalue weighted by atomic mass is 16.6. The van der Waals surface area contributed by atoms with Gasteiger partial charge in [0.1, 0.15) is 18.0 Å². The fourth-order valence-electron chi connectivity index (χ4n) is 3.58. The molecule has 0 aromatic heterocycles. The number of nitrogens with one attached hydrogen (secondary N) is 1. The van der Waals surface area contributed by atoms with Crippen molar-refractivity contribution in [3.05, 3.63) is 59.4 Å². The van der Waals surface area contributed by atoms with Gasteiger partial charge in [0.15, 0.2) is 6.10 Å². The molecule has 9 heteroatoms. The van der Waals surface area contributed by atoms with Gasteiger partial charge in [-0.25, -0.2) is 0 Å². The van der Waals surface area contributed by atoms with Crippen LogP contribution in [0, 0.1) is 0 Å². The van der Waals surface area contributed by atoms with Crippen LogP contribution in [0.1, 0.15) is 30.6 Å². The fourth-order valence-corrected chi connectivity index (χ4v) is 3.58. The zero-order valence-corrected chi connectivity index (χ0v) is 16.4. The first-order valence-corrected chi connectivity index (χ1v) is 9.41. The molecule has 2 heterocycles. The van der Waals surface area contributed by atoms with Crippen molar-refractivity contribution in [2.24, 2.45) is 0 Å². The summed E-state index contributed by atoms with van der Waals surface area (Å²) >= 11 is 0. The molecule has 160 valence electrons. The average molecular weight is 417 g/mol. The Hall–Kier alpha value is -2.85. The number of ketones is 2. The molecule has 0 bridgehead atoms. The summed E-state index contributed by atoms with van der Waals surface area (Å²) in [5.41, 5.74) is -5.70. The minimum atomic E-state index is -2.82. The average Bonchev–Trinajstić information content (AvgIpc) is 3.13. The molecule has 2 aliphatic heterocycles. The van der Waals surface area contributed by atoms with E-state index in [0.29, 0.717) is 6.42 Å². The molecule has 1 aromatic carbocycles. The molecule has 1 saturated heterocycles. The van der Waals surface area contributed by atoms with Crippen molar-refractivity contribution in [2.75, 3.05) is 0 Å². The fraction of sp³-hybridized carbons (Fsp3) is 0.381. The van der Waals surface area contributed by atoms with Gasteiger partial charge in [0, 0.05) is 11.1 Å². The quantitative estimate of drug-likeness (QED) is 0.232. The molecule has 1 amide bonds. The number of amides is 1. The molecule has 5 N–H and O–H groups in total. The summed E-state index contributed by atoms with van der Waals surface area (Å²) in [4.78, 5) is 38.4. The largest absolute Gasteiger partial charge is 0.467 e. The normalized spacial score (nSPS) is 30.7. The maximum absolute atomic E-state index is 12.9. The number of Topliss-reactive ketones (excluding diaryl/α,β-unsaturated/α-hetero) is 2. The zero-order chi connectivity index (χ0) is 22.3. The number of carbonyl (C=O) groups is 3. The van der Waals surface area contributed by atoms with Crippen molar-refractivity contribution in [2.45, 2.75) is 49.9 Å². The first kappa shape index (κ1) is 21.8. The smallest absolute Gasteiger partial charge is 0.278 e. The molecule has 3 rings (SSSR count). The van der Waals surface area contributed by atoms with Crippen molar-refractivity contribution < 1.29 is 39.5 Å². The summed E-state index contributed by atoms with van der Waals surface area (Å²) in [5, 5.41) is 44.1. The molecule has 2 aliphatic rings. The number of ether oxygens (including phenoxy) is 1. The summed E-state index contributed by atoms with van der Waals surface area (Å²) in [6, 6.07) is 7.43. The lowest BCUT2D eigenvalue weighted by Crippen LogP contribution is -2.59. The highest BCUT2D eigenvalue weighted by molar-refractivity contribution is 6.23. The lowest BCUT2D eigenvalue weighted by atomic mass is 9.85. The second-order valence-corrected chi connectivity index (χ2v) is 7.25. The van der Waals surface area contributed by atoms with Crippen LogP contribution in [-0.4, -0.2) is 67.5 Å². The number of allylic oxidation sites excluding steroid dienone is 1. The Balaban J connectivity index is 1.95. The molecule has 0 saturated carbocycles. The van der Waals surface area contributed by atoms with E-state index in [4.69, 9.17) is 4.74 Å². The molecular weight excluding hydrogens is 394 g/mol. The number of rotatable bonds is 6. The van der Waals surface area contributed by atoms with Gasteiger partial charge in [-0.15, -0.1) is 0 Å². The first-order valence-electron chi connectivity index (χ1n) is 9.41. The summed E-state index contributed by atoms with van der Waals surface area (Å²) in [7, 11) is 0. The lowest BCUT2D eigenvalue weighted by molar-refractivity contribution is -0.161. The van der Waals surface area contributed by atoms with Gasteiger partial charge < -0.3 is 30.5 Å². The summed E-state index contributed by atoms with van der Waals surface area (Å²) in [6.45, 7) is 3.07. The van der Waals surface area contributed by atoms with Gasteiger partial charge in [0.05, 0.1) is 0 Å². The number of aliphatic hydroxyl groups excluding tert-OH is 3. The van der Waals surface area contributed by atoms with Crippen LogP contribution in [0.2, 0.25) is 0 Å². The second kappa shape index (κ2) is 7.77. The van der Waals surface area contributed by atoms with E-state index in [2.05, 4.69) is 0 Å². The Bertz CT molecular complexity index is 940. The number of benzene rings is 1. The van der Waals surface area contributed by atoms with Gasteiger partial charge in [-0.05, 0) is 13.3 Å². The molecule has 1 fully saturated rings. The van der Waals surface area contributed by atoms with Gasteiger partial charge in [0.25, 0.3) is 11.5 Å². The van der Waals surface area contributed by atoms with Crippen molar-refractivity contribution in [3.63, 3.8) is 0 Å². The Morgan fingerprint density at radius 1 is 1.27 bits per heavy atom. The topological polar surface area (TPSA) is 153 Å². The summed E-state index contributed by atoms with van der Waals surface area (Å²) in [6.07, 6.45) is -1.98. The van der Waals surface area contributed by atoms with Crippen LogP contribution in [0.4, 0.5) is 0 Å². The van der Waals surface area contributed by atoms with Gasteiger partial charge >= 0.3 is 0 Å². The van der Waals surface area contributed by atoms with Crippen LogP contribution in [0.3, 0.4) is 0 Å². The summed E-state index contributed by atoms with van der Waals surface area (Å²) in [5.74, 6) is -3.70. The van der Waals surface area contributed by atoms with E-state index in [1.54, 1.807) is 12.1 Å². The summed E-state index contributed by atoms with van der Waals surface area (Å²) < 4.78 is 5.42. The number of aliphatic hydroxyl groups is 4. The minimum absolute atomic E-state index is 0.00749. The van der Waals surface area contributed by atoms with Crippen LogP contribution in [0.5, 0.6) is 0 Å². The Morgan fingerprint density at radius 2 is 1.90 bits per heavy atom. The van der Waals surface area contributed by atoms with E-state index in [0.717, 1.165) is 0 Å². The van der Waals surface area contributed by atoms with Gasteiger partial charge in [0.2, 0.25) is 17.3 Å². The standard InChI is InChI=1S/C21H23NO8/c1-3-4-10-13(23)14(24)15-11(2)16(25)20(30-15)18(27)21(29,22-19(20)28)17(26)12-8-6-5-7-9-12/h4-10,13-14,18,23-24,27,29H,3H2,1-2H3,(H,22,28)/b10-4-/t13-,14-,18+,20?,21+/m0/s1.